The molecule has 1 aliphatic rings. The molecule has 0 radical (unpaired) electrons. The van der Waals surface area contributed by atoms with E-state index < -0.39 is 0 Å². The summed E-state index contributed by atoms with van der Waals surface area (Å²) in [5.74, 6) is 1.28. The molecule has 0 amide bonds. The van der Waals surface area contributed by atoms with Crippen LogP contribution in [0, 0.1) is 5.92 Å². The van der Waals surface area contributed by atoms with Gasteiger partial charge in [0.2, 0.25) is 0 Å². The highest BCUT2D eigenvalue weighted by atomic mass is 35.5. The number of nitrogens with zero attached hydrogens (tertiary/aromatic N) is 1. The van der Waals surface area contributed by atoms with Crippen LogP contribution < -0.4 is 10.6 Å². The van der Waals surface area contributed by atoms with Crippen molar-refractivity contribution in [2.75, 3.05) is 6.54 Å². The molecule has 3 nitrogen and oxygen atoms in total. The molecule has 0 aromatic rings. The van der Waals surface area contributed by atoms with E-state index in [1.165, 1.54) is 0 Å². The molecule has 1 aliphatic heterocycles. The Morgan fingerprint density at radius 2 is 2.31 bits per heavy atom. The molecular formula is C9H16ClN3. The van der Waals surface area contributed by atoms with Crippen LogP contribution in [0.15, 0.2) is 16.2 Å². The van der Waals surface area contributed by atoms with Crippen molar-refractivity contribution in [3.05, 3.63) is 11.2 Å². The fourth-order valence-corrected chi connectivity index (χ4v) is 1.58. The summed E-state index contributed by atoms with van der Waals surface area (Å²) >= 11 is 6.02. The van der Waals surface area contributed by atoms with E-state index in [2.05, 4.69) is 29.5 Å². The lowest BCUT2D eigenvalue weighted by Gasteiger charge is -2.27. The molecule has 0 fully saturated rings. The number of hydrogen-bond acceptors (Lipinski definition) is 1. The average Bonchev–Trinajstić information content (AvgIpc) is 2.08. The maximum Gasteiger partial charge on any atom is 0.195 e. The molecule has 1 atom stereocenters. The quantitative estimate of drug-likeness (QED) is 0.713. The van der Waals surface area contributed by atoms with Gasteiger partial charge >= 0.3 is 0 Å². The molecule has 1 unspecified atom stereocenters. The molecule has 0 aliphatic carbocycles. The Balaban J connectivity index is 2.71. The zero-order valence-corrected chi connectivity index (χ0v) is 9.02. The molecule has 74 valence electrons. The summed E-state index contributed by atoms with van der Waals surface area (Å²) in [7, 11) is 0. The first-order chi connectivity index (χ1) is 6.15. The minimum atomic E-state index is 0.188. The van der Waals surface area contributed by atoms with Crippen LogP contribution in [0.25, 0.3) is 0 Å². The minimum Gasteiger partial charge on any atom is -0.348 e. The Kier molecular flexibility index (Phi) is 3.60. The second kappa shape index (κ2) is 4.51. The first-order valence-electron chi connectivity index (χ1n) is 4.58. The van der Waals surface area contributed by atoms with Gasteiger partial charge in [0.1, 0.15) is 0 Å². The molecule has 0 saturated heterocycles. The first-order valence-corrected chi connectivity index (χ1v) is 4.96. The SMILES string of the molecule is CCN=C1NC=C(Cl)C(C(C)C)N1. The molecule has 2 N–H and O–H groups in total. The van der Waals surface area contributed by atoms with Crippen LogP contribution in [0.3, 0.4) is 0 Å². The molecule has 0 saturated carbocycles. The van der Waals surface area contributed by atoms with E-state index >= 15 is 0 Å². The van der Waals surface area contributed by atoms with E-state index in [4.69, 9.17) is 11.6 Å². The van der Waals surface area contributed by atoms with Gasteiger partial charge in [-0.1, -0.05) is 25.4 Å². The molecule has 1 heterocycles. The average molecular weight is 202 g/mol. The lowest BCUT2D eigenvalue weighted by molar-refractivity contribution is 0.507. The largest absolute Gasteiger partial charge is 0.348 e. The number of hydrogen-bond donors (Lipinski definition) is 2. The van der Waals surface area contributed by atoms with Gasteiger partial charge in [0.15, 0.2) is 5.96 Å². The highest BCUT2D eigenvalue weighted by Gasteiger charge is 2.21. The molecule has 13 heavy (non-hydrogen) atoms. The van der Waals surface area contributed by atoms with Crippen LogP contribution in [-0.2, 0) is 0 Å². The second-order valence-corrected chi connectivity index (χ2v) is 3.80. The van der Waals surface area contributed by atoms with E-state index in [1.807, 2.05) is 6.92 Å². The van der Waals surface area contributed by atoms with E-state index in [0.29, 0.717) is 5.92 Å². The number of halogens is 1. The lowest BCUT2D eigenvalue weighted by atomic mass is 10.0. The van der Waals surface area contributed by atoms with Crippen molar-refractivity contribution in [3.8, 4) is 0 Å². The Bertz CT molecular complexity index is 233. The van der Waals surface area contributed by atoms with Gasteiger partial charge in [-0.15, -0.1) is 0 Å². The fraction of sp³-hybridized carbons (Fsp3) is 0.667. The second-order valence-electron chi connectivity index (χ2n) is 3.36. The minimum absolute atomic E-state index is 0.188. The lowest BCUT2D eigenvalue weighted by Crippen LogP contribution is -2.48. The van der Waals surface area contributed by atoms with Crippen molar-refractivity contribution in [1.82, 2.24) is 10.6 Å². The number of nitrogens with one attached hydrogen (secondary N) is 2. The standard InChI is InChI=1S/C9H16ClN3/c1-4-11-9-12-5-7(10)8(13-9)6(2)3/h5-6,8H,4H2,1-3H3,(H2,11,12,13). The number of guanidine groups is 1. The highest BCUT2D eigenvalue weighted by Crippen LogP contribution is 2.17. The third kappa shape index (κ3) is 2.62. The normalized spacial score (nSPS) is 25.5. The van der Waals surface area contributed by atoms with Crippen LogP contribution >= 0.6 is 11.6 Å². The Hall–Kier alpha value is -0.700. The fourth-order valence-electron chi connectivity index (χ4n) is 1.22. The van der Waals surface area contributed by atoms with Gasteiger partial charge in [0, 0.05) is 12.7 Å². The van der Waals surface area contributed by atoms with Crippen molar-refractivity contribution in [2.24, 2.45) is 10.9 Å². The zero-order chi connectivity index (χ0) is 9.84. The van der Waals surface area contributed by atoms with Gasteiger partial charge in [-0.05, 0) is 12.8 Å². The summed E-state index contributed by atoms with van der Waals surface area (Å²) in [6, 6.07) is 0.188. The summed E-state index contributed by atoms with van der Waals surface area (Å²) in [4.78, 5) is 4.24. The summed E-state index contributed by atoms with van der Waals surface area (Å²) < 4.78 is 0. The van der Waals surface area contributed by atoms with Crippen LogP contribution in [0.1, 0.15) is 20.8 Å². The van der Waals surface area contributed by atoms with Crippen LogP contribution in [0.5, 0.6) is 0 Å². The maximum atomic E-state index is 6.02. The topological polar surface area (TPSA) is 36.4 Å². The van der Waals surface area contributed by atoms with Gasteiger partial charge < -0.3 is 10.6 Å². The predicted molar refractivity (Wildman–Crippen MR) is 56.8 cm³/mol. The number of rotatable bonds is 2. The van der Waals surface area contributed by atoms with Gasteiger partial charge in [0.05, 0.1) is 11.1 Å². The molecule has 0 bridgehead atoms. The van der Waals surface area contributed by atoms with Crippen LogP contribution in [-0.4, -0.2) is 18.5 Å². The van der Waals surface area contributed by atoms with Crippen molar-refractivity contribution in [1.29, 1.82) is 0 Å². The van der Waals surface area contributed by atoms with Gasteiger partial charge in [-0.3, -0.25) is 4.99 Å². The molecule has 1 rings (SSSR count). The van der Waals surface area contributed by atoms with Gasteiger partial charge in [0.25, 0.3) is 0 Å². The van der Waals surface area contributed by atoms with Crippen LogP contribution in [0.4, 0.5) is 0 Å². The summed E-state index contributed by atoms with van der Waals surface area (Å²) in [6.07, 6.45) is 1.80. The predicted octanol–water partition coefficient (Wildman–Crippen LogP) is 1.66. The van der Waals surface area contributed by atoms with Gasteiger partial charge in [-0.2, -0.15) is 0 Å². The summed E-state index contributed by atoms with van der Waals surface area (Å²) in [6.45, 7) is 7.03. The molecular weight excluding hydrogens is 186 g/mol. The first kappa shape index (κ1) is 10.4. The maximum absolute atomic E-state index is 6.02. The molecule has 0 aromatic carbocycles. The number of aliphatic imine (C=N–C) groups is 1. The molecule has 0 spiro atoms. The van der Waals surface area contributed by atoms with E-state index in [-0.39, 0.29) is 6.04 Å². The monoisotopic (exact) mass is 201 g/mol. The zero-order valence-electron chi connectivity index (χ0n) is 8.26. The van der Waals surface area contributed by atoms with Crippen LogP contribution in [0.2, 0.25) is 0 Å². The highest BCUT2D eigenvalue weighted by molar-refractivity contribution is 6.30. The van der Waals surface area contributed by atoms with E-state index in [9.17, 15) is 0 Å². The summed E-state index contributed by atoms with van der Waals surface area (Å²) in [5.41, 5.74) is 0. The Morgan fingerprint density at radius 3 is 2.85 bits per heavy atom. The molecule has 0 aromatic heterocycles. The van der Waals surface area contributed by atoms with Crippen molar-refractivity contribution in [2.45, 2.75) is 26.8 Å². The third-order valence-electron chi connectivity index (χ3n) is 1.92. The smallest absolute Gasteiger partial charge is 0.195 e. The molecule has 4 heteroatoms. The van der Waals surface area contributed by atoms with E-state index in [1.54, 1.807) is 6.20 Å². The Morgan fingerprint density at radius 1 is 1.62 bits per heavy atom. The van der Waals surface area contributed by atoms with Crippen molar-refractivity contribution in [3.63, 3.8) is 0 Å². The van der Waals surface area contributed by atoms with E-state index in [0.717, 1.165) is 17.5 Å². The van der Waals surface area contributed by atoms with Crippen molar-refractivity contribution >= 4 is 17.6 Å². The van der Waals surface area contributed by atoms with Crippen molar-refractivity contribution < 1.29 is 0 Å². The Labute approximate surface area is 84.3 Å². The van der Waals surface area contributed by atoms with Gasteiger partial charge in [-0.25, -0.2) is 0 Å². The third-order valence-corrected chi connectivity index (χ3v) is 2.26. The summed E-state index contributed by atoms with van der Waals surface area (Å²) in [5, 5.41) is 7.05.